The third-order valence-electron chi connectivity index (χ3n) is 6.37. The number of Topliss-reactive ketones (excluding diaryl/α,β-unsaturated/α-hetero) is 1. The molecule has 0 spiro atoms. The molecule has 2 atom stereocenters. The highest BCUT2D eigenvalue weighted by molar-refractivity contribution is 6.01. The van der Waals surface area contributed by atoms with Crippen LogP contribution in [0.5, 0.6) is 11.5 Å². The van der Waals surface area contributed by atoms with Crippen LogP contribution in [-0.2, 0) is 4.79 Å². The second-order valence-corrected chi connectivity index (χ2v) is 8.23. The molecule has 1 aromatic heterocycles. The summed E-state index contributed by atoms with van der Waals surface area (Å²) in [7, 11) is 1.65. The van der Waals surface area contributed by atoms with Crippen molar-refractivity contribution in [3.8, 4) is 11.5 Å². The van der Waals surface area contributed by atoms with E-state index in [0.29, 0.717) is 18.9 Å². The van der Waals surface area contributed by atoms with Crippen molar-refractivity contribution in [3.63, 3.8) is 0 Å². The largest absolute Gasteiger partial charge is 0.497 e. The number of hydrogen-bond donors (Lipinski definition) is 1. The van der Waals surface area contributed by atoms with Crippen LogP contribution in [0.25, 0.3) is 0 Å². The van der Waals surface area contributed by atoms with Crippen LogP contribution in [-0.4, -0.2) is 24.7 Å². The number of rotatable bonds is 5. The zero-order valence-corrected chi connectivity index (χ0v) is 18.5. The van der Waals surface area contributed by atoms with Crippen LogP contribution in [0.3, 0.4) is 0 Å². The van der Waals surface area contributed by atoms with Crippen LogP contribution in [0.15, 0.2) is 64.3 Å². The lowest BCUT2D eigenvalue weighted by atomic mass is 9.72. The van der Waals surface area contributed by atoms with Gasteiger partial charge < -0.3 is 19.3 Å². The molecular weight excluding hydrogens is 404 g/mol. The number of allylic oxidation sites excluding steroid dienone is 2. The van der Waals surface area contributed by atoms with E-state index in [9.17, 15) is 4.79 Å². The standard InChI is InChI=1S/C26H26N2O4/c1-4-31-22-8-6-5-7-19(22)24-23-15(2)28-32-26(23)27-20-13-17(14-21(29)25(20)24)16-9-11-18(30-3)12-10-16/h5-12,17,24,27H,4,13-14H2,1-3H3/t17-,24+/m1/s1. The van der Waals surface area contributed by atoms with Gasteiger partial charge in [-0.05, 0) is 49.9 Å². The SMILES string of the molecule is CCOc1ccccc1[C@@H]1C2=C(C[C@@H](c3ccc(OC)cc3)CC2=O)Nc2onc(C)c21. The Bertz CT molecular complexity index is 1190. The first-order chi connectivity index (χ1) is 15.6. The van der Waals surface area contributed by atoms with Crippen LogP contribution in [0.4, 0.5) is 5.88 Å². The summed E-state index contributed by atoms with van der Waals surface area (Å²) in [5, 5.41) is 7.59. The van der Waals surface area contributed by atoms with Gasteiger partial charge in [-0.1, -0.05) is 35.5 Å². The summed E-state index contributed by atoms with van der Waals surface area (Å²) in [6.45, 7) is 4.43. The zero-order valence-electron chi connectivity index (χ0n) is 18.5. The summed E-state index contributed by atoms with van der Waals surface area (Å²) in [6, 6.07) is 15.9. The highest BCUT2D eigenvalue weighted by Crippen LogP contribution is 2.50. The second-order valence-electron chi connectivity index (χ2n) is 8.23. The normalized spacial score (nSPS) is 19.8. The molecule has 32 heavy (non-hydrogen) atoms. The van der Waals surface area contributed by atoms with E-state index in [0.717, 1.165) is 51.6 Å². The van der Waals surface area contributed by atoms with Crippen LogP contribution in [0.2, 0.25) is 0 Å². The van der Waals surface area contributed by atoms with Gasteiger partial charge in [-0.15, -0.1) is 0 Å². The minimum absolute atomic E-state index is 0.0908. The van der Waals surface area contributed by atoms with Crippen LogP contribution >= 0.6 is 0 Å². The molecule has 2 aromatic carbocycles. The maximum Gasteiger partial charge on any atom is 0.233 e. The minimum atomic E-state index is -0.264. The first-order valence-corrected chi connectivity index (χ1v) is 11.0. The molecule has 6 heteroatoms. The predicted octanol–water partition coefficient (Wildman–Crippen LogP) is 5.35. The van der Waals surface area contributed by atoms with Gasteiger partial charge in [0.25, 0.3) is 0 Å². The molecule has 0 unspecified atom stereocenters. The fourth-order valence-corrected chi connectivity index (χ4v) is 4.90. The smallest absolute Gasteiger partial charge is 0.233 e. The molecule has 2 heterocycles. The van der Waals surface area contributed by atoms with E-state index in [1.165, 1.54) is 0 Å². The van der Waals surface area contributed by atoms with Gasteiger partial charge in [0, 0.05) is 23.3 Å². The van der Waals surface area contributed by atoms with Gasteiger partial charge in [0.05, 0.1) is 30.9 Å². The number of nitrogens with zero attached hydrogens (tertiary/aromatic N) is 1. The van der Waals surface area contributed by atoms with E-state index >= 15 is 0 Å². The first kappa shape index (κ1) is 20.4. The summed E-state index contributed by atoms with van der Waals surface area (Å²) in [4.78, 5) is 13.6. The van der Waals surface area contributed by atoms with Crippen molar-refractivity contribution < 1.29 is 18.8 Å². The van der Waals surface area contributed by atoms with E-state index < -0.39 is 0 Å². The molecule has 0 radical (unpaired) electrons. The average molecular weight is 431 g/mol. The minimum Gasteiger partial charge on any atom is -0.497 e. The monoisotopic (exact) mass is 430 g/mol. The Morgan fingerprint density at radius 3 is 2.66 bits per heavy atom. The Labute approximate surface area is 187 Å². The number of ether oxygens (including phenoxy) is 2. The summed E-state index contributed by atoms with van der Waals surface area (Å²) < 4.78 is 16.8. The number of aromatic nitrogens is 1. The Morgan fingerprint density at radius 1 is 1.12 bits per heavy atom. The van der Waals surface area contributed by atoms with E-state index in [1.807, 2.05) is 62.4 Å². The van der Waals surface area contributed by atoms with Gasteiger partial charge in [0.2, 0.25) is 5.88 Å². The Hall–Kier alpha value is -3.54. The summed E-state index contributed by atoms with van der Waals surface area (Å²) in [5.74, 6) is 2.17. The Morgan fingerprint density at radius 2 is 1.91 bits per heavy atom. The third-order valence-corrected chi connectivity index (χ3v) is 6.37. The number of methoxy groups -OCH3 is 1. The van der Waals surface area contributed by atoms with E-state index in [1.54, 1.807) is 7.11 Å². The van der Waals surface area contributed by atoms with Crippen molar-refractivity contribution in [1.29, 1.82) is 0 Å². The molecule has 0 saturated carbocycles. The highest BCUT2D eigenvalue weighted by Gasteiger charge is 2.42. The molecular formula is C26H26N2O4. The van der Waals surface area contributed by atoms with Gasteiger partial charge in [0.15, 0.2) is 5.78 Å². The van der Waals surface area contributed by atoms with Gasteiger partial charge in [-0.25, -0.2) is 0 Å². The number of hydrogen-bond acceptors (Lipinski definition) is 6. The summed E-state index contributed by atoms with van der Waals surface area (Å²) in [5.41, 5.74) is 5.47. The predicted molar refractivity (Wildman–Crippen MR) is 121 cm³/mol. The molecule has 5 rings (SSSR count). The quantitative estimate of drug-likeness (QED) is 0.588. The molecule has 6 nitrogen and oxygen atoms in total. The van der Waals surface area contributed by atoms with Crippen molar-refractivity contribution in [1.82, 2.24) is 5.16 Å². The van der Waals surface area contributed by atoms with Crippen LogP contribution < -0.4 is 14.8 Å². The van der Waals surface area contributed by atoms with E-state index in [2.05, 4.69) is 10.5 Å². The molecule has 1 aliphatic carbocycles. The number of para-hydroxylation sites is 1. The van der Waals surface area contributed by atoms with Crippen LogP contribution in [0, 0.1) is 6.92 Å². The number of fused-ring (bicyclic) bond motifs is 1. The van der Waals surface area contributed by atoms with E-state index in [4.69, 9.17) is 14.0 Å². The molecule has 0 bridgehead atoms. The maximum atomic E-state index is 13.6. The third kappa shape index (κ3) is 3.36. The van der Waals surface area contributed by atoms with Crippen molar-refractivity contribution in [2.75, 3.05) is 19.0 Å². The van der Waals surface area contributed by atoms with Gasteiger partial charge in [-0.3, -0.25) is 4.79 Å². The molecule has 0 amide bonds. The molecule has 0 saturated heterocycles. The first-order valence-electron chi connectivity index (χ1n) is 11.0. The number of nitrogens with one attached hydrogen (secondary N) is 1. The summed E-state index contributed by atoms with van der Waals surface area (Å²) >= 11 is 0. The fourth-order valence-electron chi connectivity index (χ4n) is 4.90. The average Bonchev–Trinajstić information content (AvgIpc) is 3.18. The number of ketones is 1. The lowest BCUT2D eigenvalue weighted by Crippen LogP contribution is -2.29. The molecule has 0 fully saturated rings. The van der Waals surface area contributed by atoms with Crippen molar-refractivity contribution in [3.05, 3.63) is 82.2 Å². The molecule has 164 valence electrons. The van der Waals surface area contributed by atoms with Crippen molar-refractivity contribution in [2.24, 2.45) is 0 Å². The number of anilines is 1. The molecule has 2 aliphatic rings. The maximum absolute atomic E-state index is 13.6. The zero-order chi connectivity index (χ0) is 22.2. The van der Waals surface area contributed by atoms with Crippen LogP contribution in [0.1, 0.15) is 54.0 Å². The van der Waals surface area contributed by atoms with Gasteiger partial charge >= 0.3 is 0 Å². The Balaban J connectivity index is 1.60. The van der Waals surface area contributed by atoms with Crippen molar-refractivity contribution >= 4 is 11.7 Å². The molecule has 1 aliphatic heterocycles. The topological polar surface area (TPSA) is 73.6 Å². The molecule has 3 aromatic rings. The number of aryl methyl sites for hydroxylation is 1. The Kier molecular flexibility index (Phi) is 5.21. The van der Waals surface area contributed by atoms with Gasteiger partial charge in [0.1, 0.15) is 11.5 Å². The number of carbonyl (C=O) groups is 1. The van der Waals surface area contributed by atoms with Gasteiger partial charge in [-0.2, -0.15) is 0 Å². The van der Waals surface area contributed by atoms with E-state index in [-0.39, 0.29) is 17.6 Å². The van der Waals surface area contributed by atoms with Crippen molar-refractivity contribution in [2.45, 2.75) is 38.5 Å². The summed E-state index contributed by atoms with van der Waals surface area (Å²) in [6.07, 6.45) is 1.18. The fraction of sp³-hybridized carbons (Fsp3) is 0.308. The highest BCUT2D eigenvalue weighted by atomic mass is 16.5. The second kappa shape index (κ2) is 8.19. The lowest BCUT2D eigenvalue weighted by molar-refractivity contribution is -0.116. The number of carbonyl (C=O) groups excluding carboxylic acids is 1. The lowest BCUT2D eigenvalue weighted by Gasteiger charge is -2.35. The number of benzene rings is 2. The molecule has 1 N–H and O–H groups in total.